The lowest BCUT2D eigenvalue weighted by Crippen LogP contribution is -2.36. The first kappa shape index (κ1) is 14.3. The molecule has 0 spiro atoms. The molecule has 4 nitrogen and oxygen atoms in total. The van der Waals surface area contributed by atoms with Crippen molar-refractivity contribution < 1.29 is 4.42 Å². The Morgan fingerprint density at radius 2 is 2.05 bits per heavy atom. The molecule has 1 aliphatic rings. The van der Waals surface area contributed by atoms with Crippen molar-refractivity contribution in [2.75, 3.05) is 6.54 Å². The summed E-state index contributed by atoms with van der Waals surface area (Å²) in [5, 5.41) is 11.9. The fraction of sp³-hybridized carbons (Fsp3) is 0.529. The third-order valence-electron chi connectivity index (χ3n) is 3.86. The van der Waals surface area contributed by atoms with Crippen LogP contribution in [-0.2, 0) is 12.8 Å². The lowest BCUT2D eigenvalue weighted by atomic mass is 9.77. The molecule has 1 N–H and O–H groups in total. The van der Waals surface area contributed by atoms with Gasteiger partial charge in [0.05, 0.1) is 5.92 Å². The van der Waals surface area contributed by atoms with Crippen molar-refractivity contribution in [2.24, 2.45) is 0 Å². The summed E-state index contributed by atoms with van der Waals surface area (Å²) < 4.78 is 5.83. The Balaban J connectivity index is 1.54. The van der Waals surface area contributed by atoms with E-state index in [9.17, 15) is 0 Å². The van der Waals surface area contributed by atoms with Gasteiger partial charge in [-0.1, -0.05) is 24.3 Å². The first-order valence-electron chi connectivity index (χ1n) is 7.68. The molecule has 1 unspecified atom stereocenters. The highest BCUT2D eigenvalue weighted by atomic mass is 16.4. The number of aryl methyl sites for hydroxylation is 1. The average molecular weight is 285 g/mol. The van der Waals surface area contributed by atoms with Crippen molar-refractivity contribution in [3.8, 4) is 0 Å². The smallest absolute Gasteiger partial charge is 0.224 e. The first-order chi connectivity index (χ1) is 10.0. The van der Waals surface area contributed by atoms with Crippen LogP contribution in [0.5, 0.6) is 0 Å². The zero-order valence-electron chi connectivity index (χ0n) is 13.0. The van der Waals surface area contributed by atoms with Crippen LogP contribution < -0.4 is 5.32 Å². The quantitative estimate of drug-likeness (QED) is 0.858. The van der Waals surface area contributed by atoms with Crippen molar-refractivity contribution in [3.05, 3.63) is 47.2 Å². The van der Waals surface area contributed by atoms with E-state index in [0.717, 1.165) is 37.6 Å². The third-order valence-corrected chi connectivity index (χ3v) is 3.86. The van der Waals surface area contributed by atoms with E-state index < -0.39 is 0 Å². The SMILES string of the molecule is CC(C)(C)NCCCc1nnc(C2Cc3ccccc32)o1. The predicted molar refractivity (Wildman–Crippen MR) is 82.4 cm³/mol. The minimum absolute atomic E-state index is 0.162. The van der Waals surface area contributed by atoms with Gasteiger partial charge in [-0.3, -0.25) is 0 Å². The molecule has 0 bridgehead atoms. The van der Waals surface area contributed by atoms with Gasteiger partial charge in [-0.25, -0.2) is 0 Å². The second kappa shape index (κ2) is 5.60. The van der Waals surface area contributed by atoms with E-state index in [1.54, 1.807) is 0 Å². The number of hydrogen-bond donors (Lipinski definition) is 1. The van der Waals surface area contributed by atoms with Crippen LogP contribution in [0.4, 0.5) is 0 Å². The minimum atomic E-state index is 0.162. The minimum Gasteiger partial charge on any atom is -0.425 e. The average Bonchev–Trinajstić information content (AvgIpc) is 2.84. The summed E-state index contributed by atoms with van der Waals surface area (Å²) in [6, 6.07) is 8.47. The van der Waals surface area contributed by atoms with E-state index >= 15 is 0 Å². The van der Waals surface area contributed by atoms with E-state index in [1.807, 2.05) is 0 Å². The van der Waals surface area contributed by atoms with Gasteiger partial charge in [-0.15, -0.1) is 10.2 Å². The molecule has 0 saturated heterocycles. The van der Waals surface area contributed by atoms with Gasteiger partial charge in [0.2, 0.25) is 11.8 Å². The zero-order chi connectivity index (χ0) is 14.9. The van der Waals surface area contributed by atoms with Crippen LogP contribution in [0.25, 0.3) is 0 Å². The summed E-state index contributed by atoms with van der Waals surface area (Å²) in [6.45, 7) is 7.48. The van der Waals surface area contributed by atoms with Crippen molar-refractivity contribution in [1.82, 2.24) is 15.5 Å². The van der Waals surface area contributed by atoms with Gasteiger partial charge in [0.25, 0.3) is 0 Å². The molecular weight excluding hydrogens is 262 g/mol. The molecule has 0 fully saturated rings. The second-order valence-electron chi connectivity index (χ2n) is 6.77. The van der Waals surface area contributed by atoms with Crippen molar-refractivity contribution in [2.45, 2.75) is 51.5 Å². The number of nitrogens with zero attached hydrogens (tertiary/aromatic N) is 2. The maximum absolute atomic E-state index is 5.83. The van der Waals surface area contributed by atoms with Gasteiger partial charge >= 0.3 is 0 Å². The molecule has 4 heteroatoms. The Bertz CT molecular complexity index is 612. The van der Waals surface area contributed by atoms with Crippen LogP contribution in [0.15, 0.2) is 28.7 Å². The largest absolute Gasteiger partial charge is 0.425 e. The molecule has 0 amide bonds. The van der Waals surface area contributed by atoms with Crippen LogP contribution in [0.2, 0.25) is 0 Å². The Morgan fingerprint density at radius 3 is 2.81 bits per heavy atom. The number of fused-ring (bicyclic) bond motifs is 1. The van der Waals surface area contributed by atoms with Crippen LogP contribution >= 0.6 is 0 Å². The van der Waals surface area contributed by atoms with Crippen LogP contribution in [-0.4, -0.2) is 22.3 Å². The molecule has 0 saturated carbocycles. The van der Waals surface area contributed by atoms with Gasteiger partial charge in [-0.05, 0) is 51.3 Å². The van der Waals surface area contributed by atoms with Gasteiger partial charge in [-0.2, -0.15) is 0 Å². The summed E-state index contributed by atoms with van der Waals surface area (Å²) in [7, 11) is 0. The number of aromatic nitrogens is 2. The second-order valence-corrected chi connectivity index (χ2v) is 6.77. The van der Waals surface area contributed by atoms with Gasteiger partial charge in [0.1, 0.15) is 0 Å². The van der Waals surface area contributed by atoms with E-state index in [4.69, 9.17) is 4.42 Å². The van der Waals surface area contributed by atoms with E-state index in [0.29, 0.717) is 5.92 Å². The standard InChI is InChI=1S/C17H23N3O/c1-17(2,3)18-10-6-9-15-19-20-16(21-15)14-11-12-7-4-5-8-13(12)14/h4-5,7-8,14,18H,6,9-11H2,1-3H3. The molecule has 1 aromatic heterocycles. The van der Waals surface area contributed by atoms with Gasteiger partial charge < -0.3 is 9.73 Å². The number of hydrogen-bond acceptors (Lipinski definition) is 4. The zero-order valence-corrected chi connectivity index (χ0v) is 13.0. The van der Waals surface area contributed by atoms with E-state index in [-0.39, 0.29) is 5.54 Å². The number of nitrogens with one attached hydrogen (secondary N) is 1. The molecule has 3 rings (SSSR count). The lowest BCUT2D eigenvalue weighted by Gasteiger charge is -2.26. The Hall–Kier alpha value is -1.68. The van der Waals surface area contributed by atoms with Crippen LogP contribution in [0.3, 0.4) is 0 Å². The fourth-order valence-electron chi connectivity index (χ4n) is 2.69. The topological polar surface area (TPSA) is 51.0 Å². The van der Waals surface area contributed by atoms with Crippen molar-refractivity contribution in [3.63, 3.8) is 0 Å². The monoisotopic (exact) mass is 285 g/mol. The molecular formula is C17H23N3O. The molecule has 0 aliphatic heterocycles. The molecule has 112 valence electrons. The molecule has 0 radical (unpaired) electrons. The molecule has 1 heterocycles. The highest BCUT2D eigenvalue weighted by Crippen LogP contribution is 2.39. The predicted octanol–water partition coefficient (Wildman–Crippen LogP) is 3.08. The van der Waals surface area contributed by atoms with E-state index in [1.165, 1.54) is 11.1 Å². The molecule has 2 aromatic rings. The van der Waals surface area contributed by atoms with Gasteiger partial charge in [0, 0.05) is 12.0 Å². The van der Waals surface area contributed by atoms with Crippen LogP contribution in [0, 0.1) is 0 Å². The molecule has 21 heavy (non-hydrogen) atoms. The maximum Gasteiger partial charge on any atom is 0.224 e. The van der Waals surface area contributed by atoms with E-state index in [2.05, 4.69) is 60.6 Å². The fourth-order valence-corrected chi connectivity index (χ4v) is 2.69. The molecule has 1 aliphatic carbocycles. The summed E-state index contributed by atoms with van der Waals surface area (Å²) in [5.41, 5.74) is 2.90. The maximum atomic E-state index is 5.83. The summed E-state index contributed by atoms with van der Waals surface area (Å²) in [6.07, 6.45) is 2.87. The highest BCUT2D eigenvalue weighted by Gasteiger charge is 2.31. The molecule has 1 aromatic carbocycles. The third kappa shape index (κ3) is 3.32. The Morgan fingerprint density at radius 1 is 1.24 bits per heavy atom. The summed E-state index contributed by atoms with van der Waals surface area (Å²) in [5.74, 6) is 1.83. The summed E-state index contributed by atoms with van der Waals surface area (Å²) >= 11 is 0. The lowest BCUT2D eigenvalue weighted by molar-refractivity contribution is 0.395. The molecule has 1 atom stereocenters. The van der Waals surface area contributed by atoms with Crippen molar-refractivity contribution in [1.29, 1.82) is 0 Å². The number of rotatable bonds is 5. The normalized spacial score (nSPS) is 17.4. The van der Waals surface area contributed by atoms with Gasteiger partial charge in [0.15, 0.2) is 0 Å². The Labute approximate surface area is 126 Å². The first-order valence-corrected chi connectivity index (χ1v) is 7.68. The highest BCUT2D eigenvalue weighted by molar-refractivity contribution is 5.43. The Kier molecular flexibility index (Phi) is 3.81. The number of benzene rings is 1. The van der Waals surface area contributed by atoms with Crippen LogP contribution in [0.1, 0.15) is 56.0 Å². The van der Waals surface area contributed by atoms with Crippen molar-refractivity contribution >= 4 is 0 Å². The summed E-state index contributed by atoms with van der Waals surface area (Å²) in [4.78, 5) is 0.